The molecule has 2 rings (SSSR count). The van der Waals surface area contributed by atoms with Gasteiger partial charge < -0.3 is 15.1 Å². The third-order valence-corrected chi connectivity index (χ3v) is 4.26. The van der Waals surface area contributed by atoms with Crippen molar-refractivity contribution in [2.75, 3.05) is 32.7 Å². The Morgan fingerprint density at radius 1 is 1.25 bits per heavy atom. The van der Waals surface area contributed by atoms with Crippen LogP contribution in [-0.2, 0) is 6.54 Å². The Morgan fingerprint density at radius 2 is 1.95 bits per heavy atom. The molecule has 2 N–H and O–H groups in total. The topological polar surface area (TPSA) is 19.7 Å². The summed E-state index contributed by atoms with van der Waals surface area (Å²) in [7, 11) is 0. The van der Waals surface area contributed by atoms with E-state index in [2.05, 4.69) is 47.5 Å². The van der Waals surface area contributed by atoms with E-state index < -0.39 is 0 Å². The van der Waals surface area contributed by atoms with Gasteiger partial charge in [0, 0.05) is 12.1 Å². The van der Waals surface area contributed by atoms with Crippen LogP contribution in [0.3, 0.4) is 0 Å². The molecule has 3 nitrogen and oxygen atoms in total. The van der Waals surface area contributed by atoms with Gasteiger partial charge in [-0.1, -0.05) is 43.7 Å². The first-order valence-electron chi connectivity index (χ1n) is 7.70. The highest BCUT2D eigenvalue weighted by Gasteiger charge is 2.21. The molecule has 1 fully saturated rings. The molecular formula is C16H26N3S+. The van der Waals surface area contributed by atoms with Crippen molar-refractivity contribution in [2.45, 2.75) is 26.3 Å². The van der Waals surface area contributed by atoms with Gasteiger partial charge in [0.1, 0.15) is 6.54 Å². The van der Waals surface area contributed by atoms with Crippen LogP contribution in [-0.4, -0.2) is 42.7 Å². The molecule has 0 atom stereocenters. The van der Waals surface area contributed by atoms with E-state index in [1.165, 1.54) is 31.5 Å². The van der Waals surface area contributed by atoms with Gasteiger partial charge in [0.2, 0.25) is 0 Å². The van der Waals surface area contributed by atoms with E-state index in [-0.39, 0.29) is 0 Å². The fourth-order valence-electron chi connectivity index (χ4n) is 2.57. The molecule has 0 radical (unpaired) electrons. The standard InChI is InChI=1S/C16H25N3S/c1-2-3-9-17-16(20)19-12-10-18(11-13-19)14-15-7-5-4-6-8-15/h4-8H,2-3,9-14H2,1H3,(H,17,20)/p+1. The van der Waals surface area contributed by atoms with Gasteiger partial charge in [0.15, 0.2) is 5.11 Å². The van der Waals surface area contributed by atoms with Crippen molar-refractivity contribution < 1.29 is 4.90 Å². The Balaban J connectivity index is 1.71. The lowest BCUT2D eigenvalue weighted by Gasteiger charge is -2.34. The minimum absolute atomic E-state index is 0.942. The van der Waals surface area contributed by atoms with Gasteiger partial charge in [-0.15, -0.1) is 0 Å². The predicted octanol–water partition coefficient (Wildman–Crippen LogP) is 1.06. The molecule has 0 aliphatic carbocycles. The number of hydrogen-bond donors (Lipinski definition) is 2. The summed E-state index contributed by atoms with van der Waals surface area (Å²) in [6.45, 7) is 8.82. The molecule has 1 aliphatic heterocycles. The summed E-state index contributed by atoms with van der Waals surface area (Å²) in [6, 6.07) is 10.8. The number of quaternary nitrogens is 1. The van der Waals surface area contributed by atoms with Crippen LogP contribution in [0.2, 0.25) is 0 Å². The number of nitrogens with zero attached hydrogens (tertiary/aromatic N) is 1. The maximum atomic E-state index is 5.46. The van der Waals surface area contributed by atoms with Crippen LogP contribution in [0.4, 0.5) is 0 Å². The molecule has 1 aromatic rings. The molecule has 1 aromatic carbocycles. The SMILES string of the molecule is CCCCNC(=S)N1CC[NH+](Cc2ccccc2)CC1. The van der Waals surface area contributed by atoms with Gasteiger partial charge in [0.05, 0.1) is 26.2 Å². The normalized spacial score (nSPS) is 16.1. The molecule has 0 spiro atoms. The van der Waals surface area contributed by atoms with Crippen molar-refractivity contribution in [3.8, 4) is 0 Å². The first-order chi connectivity index (χ1) is 9.79. The molecule has 0 unspecified atom stereocenters. The smallest absolute Gasteiger partial charge is 0.169 e. The first-order valence-corrected chi connectivity index (χ1v) is 8.10. The predicted molar refractivity (Wildman–Crippen MR) is 87.9 cm³/mol. The first kappa shape index (κ1) is 15.3. The fraction of sp³-hybridized carbons (Fsp3) is 0.562. The highest BCUT2D eigenvalue weighted by atomic mass is 32.1. The summed E-state index contributed by atoms with van der Waals surface area (Å²) in [5.41, 5.74) is 1.43. The minimum Gasteiger partial charge on any atom is -0.363 e. The molecular weight excluding hydrogens is 266 g/mol. The van der Waals surface area contributed by atoms with Crippen molar-refractivity contribution in [3.05, 3.63) is 35.9 Å². The average molecular weight is 292 g/mol. The van der Waals surface area contributed by atoms with E-state index in [9.17, 15) is 0 Å². The maximum Gasteiger partial charge on any atom is 0.169 e. The molecule has 1 saturated heterocycles. The van der Waals surface area contributed by atoms with E-state index in [1.54, 1.807) is 4.90 Å². The maximum absolute atomic E-state index is 5.46. The summed E-state index contributed by atoms with van der Waals surface area (Å²) in [5.74, 6) is 0. The second-order valence-corrected chi connectivity index (χ2v) is 5.87. The average Bonchev–Trinajstić information content (AvgIpc) is 2.49. The Hall–Kier alpha value is -1.13. The zero-order valence-corrected chi connectivity index (χ0v) is 13.2. The summed E-state index contributed by atoms with van der Waals surface area (Å²) >= 11 is 5.46. The number of hydrogen-bond acceptors (Lipinski definition) is 1. The zero-order valence-electron chi connectivity index (χ0n) is 12.4. The second kappa shape index (κ2) is 8.22. The van der Waals surface area contributed by atoms with Crippen LogP contribution < -0.4 is 10.2 Å². The number of unbranched alkanes of at least 4 members (excludes halogenated alkanes) is 1. The molecule has 0 aromatic heterocycles. The van der Waals surface area contributed by atoms with Gasteiger partial charge in [-0.25, -0.2) is 0 Å². The molecule has 1 heterocycles. The van der Waals surface area contributed by atoms with Crippen LogP contribution in [0.25, 0.3) is 0 Å². The molecule has 0 saturated carbocycles. The van der Waals surface area contributed by atoms with E-state index in [0.717, 1.165) is 31.3 Å². The second-order valence-electron chi connectivity index (χ2n) is 5.48. The molecule has 0 bridgehead atoms. The number of rotatable bonds is 5. The molecule has 0 amide bonds. The van der Waals surface area contributed by atoms with Gasteiger partial charge in [0.25, 0.3) is 0 Å². The van der Waals surface area contributed by atoms with Crippen LogP contribution in [0.5, 0.6) is 0 Å². The quantitative estimate of drug-likeness (QED) is 0.625. The Labute approximate surface area is 128 Å². The van der Waals surface area contributed by atoms with Crippen molar-refractivity contribution in [1.82, 2.24) is 10.2 Å². The number of thiocarbonyl (C=S) groups is 1. The monoisotopic (exact) mass is 292 g/mol. The number of nitrogens with one attached hydrogen (secondary N) is 2. The zero-order chi connectivity index (χ0) is 14.2. The number of benzene rings is 1. The van der Waals surface area contributed by atoms with Gasteiger partial charge in [-0.05, 0) is 18.6 Å². The summed E-state index contributed by atoms with van der Waals surface area (Å²) < 4.78 is 0. The summed E-state index contributed by atoms with van der Waals surface area (Å²) in [6.07, 6.45) is 2.41. The van der Waals surface area contributed by atoms with E-state index in [4.69, 9.17) is 12.2 Å². The van der Waals surface area contributed by atoms with Crippen molar-refractivity contribution >= 4 is 17.3 Å². The minimum atomic E-state index is 0.942. The fourth-order valence-corrected chi connectivity index (χ4v) is 2.86. The lowest BCUT2D eigenvalue weighted by molar-refractivity contribution is -0.917. The molecule has 4 heteroatoms. The Morgan fingerprint density at radius 3 is 2.60 bits per heavy atom. The largest absolute Gasteiger partial charge is 0.363 e. The highest BCUT2D eigenvalue weighted by Crippen LogP contribution is 1.97. The van der Waals surface area contributed by atoms with Gasteiger partial charge in [-0.3, -0.25) is 0 Å². The molecule has 20 heavy (non-hydrogen) atoms. The Kier molecular flexibility index (Phi) is 6.27. The van der Waals surface area contributed by atoms with Crippen molar-refractivity contribution in [2.24, 2.45) is 0 Å². The third-order valence-electron chi connectivity index (χ3n) is 3.86. The van der Waals surface area contributed by atoms with Crippen LogP contribution in [0.15, 0.2) is 30.3 Å². The highest BCUT2D eigenvalue weighted by molar-refractivity contribution is 7.80. The van der Waals surface area contributed by atoms with E-state index >= 15 is 0 Å². The molecule has 1 aliphatic rings. The molecule has 110 valence electrons. The summed E-state index contributed by atoms with van der Waals surface area (Å²) in [4.78, 5) is 3.98. The summed E-state index contributed by atoms with van der Waals surface area (Å²) in [5, 5.41) is 4.31. The lowest BCUT2D eigenvalue weighted by atomic mass is 10.2. The third kappa shape index (κ3) is 4.76. The Bertz CT molecular complexity index is 399. The van der Waals surface area contributed by atoms with Crippen LogP contribution in [0.1, 0.15) is 25.3 Å². The van der Waals surface area contributed by atoms with Crippen LogP contribution >= 0.6 is 12.2 Å². The van der Waals surface area contributed by atoms with Crippen molar-refractivity contribution in [1.29, 1.82) is 0 Å². The van der Waals surface area contributed by atoms with E-state index in [1.807, 2.05) is 0 Å². The van der Waals surface area contributed by atoms with Gasteiger partial charge in [-0.2, -0.15) is 0 Å². The van der Waals surface area contributed by atoms with E-state index in [0.29, 0.717) is 0 Å². The van der Waals surface area contributed by atoms with Crippen molar-refractivity contribution in [3.63, 3.8) is 0 Å². The van der Waals surface area contributed by atoms with Gasteiger partial charge >= 0.3 is 0 Å². The lowest BCUT2D eigenvalue weighted by Crippen LogP contribution is -3.13. The van der Waals surface area contributed by atoms with Crippen LogP contribution in [0, 0.1) is 0 Å². The number of piperazine rings is 1.